The fraction of sp³-hybridized carbons (Fsp3) is 0.0385. The fourth-order valence-corrected chi connectivity index (χ4v) is 4.47. The van der Waals surface area contributed by atoms with Gasteiger partial charge in [0.2, 0.25) is 0 Å². The van der Waals surface area contributed by atoms with Crippen molar-refractivity contribution >= 4 is 46.6 Å². The van der Waals surface area contributed by atoms with Gasteiger partial charge in [-0.3, -0.25) is 4.79 Å². The maximum absolute atomic E-state index is 13.2. The number of fused-ring (bicyclic) bond motifs is 2. The molecule has 4 nitrogen and oxygen atoms in total. The number of hydrogen-bond donors (Lipinski definition) is 1. The van der Waals surface area contributed by atoms with E-state index in [4.69, 9.17) is 20.8 Å². The summed E-state index contributed by atoms with van der Waals surface area (Å²) in [5, 5.41) is 3.38. The van der Waals surface area contributed by atoms with Crippen LogP contribution in [0.1, 0.15) is 21.9 Å². The van der Waals surface area contributed by atoms with E-state index in [1.165, 1.54) is 24.3 Å². The zero-order chi connectivity index (χ0) is 22.8. The number of halogens is 2. The molecule has 0 atom stereocenters. The molecule has 4 aromatic rings. The number of furan rings is 1. The van der Waals surface area contributed by atoms with Gasteiger partial charge < -0.3 is 14.5 Å². The molecule has 1 aliphatic rings. The first-order valence-corrected chi connectivity index (χ1v) is 11.3. The first-order chi connectivity index (χ1) is 16.0. The van der Waals surface area contributed by atoms with Gasteiger partial charge in [-0.2, -0.15) is 0 Å². The molecule has 1 aliphatic heterocycles. The molecule has 164 valence electrons. The largest absolute Gasteiger partial charge is 0.486 e. The van der Waals surface area contributed by atoms with E-state index >= 15 is 0 Å². The Balaban J connectivity index is 1.23. The number of rotatable bonds is 6. The summed E-state index contributed by atoms with van der Waals surface area (Å²) in [6.45, 7) is 0.152. The summed E-state index contributed by atoms with van der Waals surface area (Å²) in [6, 6.07) is 21.4. The van der Waals surface area contributed by atoms with E-state index in [1.807, 2.05) is 36.4 Å². The zero-order valence-electron chi connectivity index (χ0n) is 17.2. The lowest BCUT2D eigenvalue weighted by molar-refractivity contribution is 0.104. The minimum absolute atomic E-state index is 0.00531. The highest BCUT2D eigenvalue weighted by atomic mass is 35.5. The van der Waals surface area contributed by atoms with Crippen LogP contribution in [-0.4, -0.2) is 5.78 Å². The number of ether oxygens (including phenoxy) is 1. The van der Waals surface area contributed by atoms with E-state index in [0.29, 0.717) is 22.8 Å². The SMILES string of the molecule is O=C(/C=C/c1ccc(COc2ccc(F)c(Cl)c2)o1)c1ccc2c(c1)Nc1ccccc1S2. The van der Waals surface area contributed by atoms with Gasteiger partial charge in [0.05, 0.1) is 16.4 Å². The van der Waals surface area contributed by atoms with Crippen molar-refractivity contribution in [2.24, 2.45) is 0 Å². The van der Waals surface area contributed by atoms with Crippen LogP contribution in [0.25, 0.3) is 6.08 Å². The summed E-state index contributed by atoms with van der Waals surface area (Å²) >= 11 is 7.43. The molecule has 7 heteroatoms. The summed E-state index contributed by atoms with van der Waals surface area (Å²) in [4.78, 5) is 14.9. The highest BCUT2D eigenvalue weighted by molar-refractivity contribution is 7.99. The fourth-order valence-electron chi connectivity index (χ4n) is 3.33. The molecule has 5 rings (SSSR count). The van der Waals surface area contributed by atoms with Gasteiger partial charge in [0.1, 0.15) is 29.7 Å². The average Bonchev–Trinajstić information content (AvgIpc) is 3.29. The van der Waals surface area contributed by atoms with Crippen molar-refractivity contribution in [3.8, 4) is 5.75 Å². The number of benzene rings is 3. The number of para-hydroxylation sites is 1. The average molecular weight is 478 g/mol. The number of nitrogens with one attached hydrogen (secondary N) is 1. The van der Waals surface area contributed by atoms with Crippen molar-refractivity contribution in [3.05, 3.63) is 107 Å². The first-order valence-electron chi connectivity index (χ1n) is 10.1. The Hall–Kier alpha value is -3.48. The van der Waals surface area contributed by atoms with Gasteiger partial charge in [-0.1, -0.05) is 35.5 Å². The van der Waals surface area contributed by atoms with Crippen molar-refractivity contribution in [2.45, 2.75) is 16.4 Å². The summed E-state index contributed by atoms with van der Waals surface area (Å²) in [7, 11) is 0. The number of anilines is 2. The molecule has 3 aromatic carbocycles. The molecular weight excluding hydrogens is 461 g/mol. The standard InChI is InChI=1S/C26H17ClFNO3S/c27-20-14-18(8-10-21(20)28)31-15-19-7-6-17(32-19)9-11-24(30)16-5-12-26-23(13-16)29-22-3-1-2-4-25(22)33-26/h1-14,29H,15H2/b11-9+. The van der Waals surface area contributed by atoms with Crippen LogP contribution in [0, 0.1) is 5.82 Å². The molecule has 0 bridgehead atoms. The molecule has 0 amide bonds. The van der Waals surface area contributed by atoms with Gasteiger partial charge >= 0.3 is 0 Å². The summed E-state index contributed by atoms with van der Waals surface area (Å²) in [5.74, 6) is 0.902. The van der Waals surface area contributed by atoms with Gasteiger partial charge in [0, 0.05) is 21.4 Å². The monoisotopic (exact) mass is 477 g/mol. The normalized spacial score (nSPS) is 12.2. The highest BCUT2D eigenvalue weighted by Gasteiger charge is 2.16. The van der Waals surface area contributed by atoms with Crippen LogP contribution in [0.5, 0.6) is 5.75 Å². The van der Waals surface area contributed by atoms with Crippen LogP contribution >= 0.6 is 23.4 Å². The number of allylic oxidation sites excluding steroid dienone is 1. The zero-order valence-corrected chi connectivity index (χ0v) is 18.8. The minimum Gasteiger partial charge on any atom is -0.486 e. The van der Waals surface area contributed by atoms with Crippen LogP contribution < -0.4 is 10.1 Å². The molecule has 0 saturated carbocycles. The van der Waals surface area contributed by atoms with Gasteiger partial charge in [0.25, 0.3) is 0 Å². The van der Waals surface area contributed by atoms with E-state index in [-0.39, 0.29) is 17.4 Å². The van der Waals surface area contributed by atoms with E-state index in [2.05, 4.69) is 11.4 Å². The molecule has 0 aliphatic carbocycles. The Morgan fingerprint density at radius 3 is 2.76 bits per heavy atom. The van der Waals surface area contributed by atoms with Crippen LogP contribution in [0.2, 0.25) is 5.02 Å². The van der Waals surface area contributed by atoms with E-state index in [9.17, 15) is 9.18 Å². The third kappa shape index (κ3) is 4.82. The Morgan fingerprint density at radius 1 is 1.03 bits per heavy atom. The molecular formula is C26H17ClFNO3S. The smallest absolute Gasteiger partial charge is 0.186 e. The molecule has 0 saturated heterocycles. The van der Waals surface area contributed by atoms with Crippen LogP contribution in [0.15, 0.2) is 93.1 Å². The van der Waals surface area contributed by atoms with E-state index in [0.717, 1.165) is 21.2 Å². The summed E-state index contributed by atoms with van der Waals surface area (Å²) < 4.78 is 24.5. The Bertz CT molecular complexity index is 1380. The van der Waals surface area contributed by atoms with Crippen molar-refractivity contribution in [1.29, 1.82) is 0 Å². The third-order valence-electron chi connectivity index (χ3n) is 4.99. The van der Waals surface area contributed by atoms with Crippen molar-refractivity contribution in [1.82, 2.24) is 0 Å². The first kappa shape index (κ1) is 21.4. The predicted molar refractivity (Wildman–Crippen MR) is 128 cm³/mol. The number of hydrogen-bond acceptors (Lipinski definition) is 5. The van der Waals surface area contributed by atoms with Crippen molar-refractivity contribution < 1.29 is 18.3 Å². The Kier molecular flexibility index (Phi) is 5.94. The van der Waals surface area contributed by atoms with Gasteiger partial charge in [-0.15, -0.1) is 0 Å². The second-order valence-electron chi connectivity index (χ2n) is 7.30. The van der Waals surface area contributed by atoms with E-state index < -0.39 is 5.82 Å². The van der Waals surface area contributed by atoms with Crippen LogP contribution in [0.4, 0.5) is 15.8 Å². The maximum Gasteiger partial charge on any atom is 0.186 e. The lowest BCUT2D eigenvalue weighted by atomic mass is 10.1. The highest BCUT2D eigenvalue weighted by Crippen LogP contribution is 2.44. The lowest BCUT2D eigenvalue weighted by Crippen LogP contribution is -2.02. The molecule has 33 heavy (non-hydrogen) atoms. The molecule has 1 N–H and O–H groups in total. The Labute approximate surface area is 199 Å². The summed E-state index contributed by atoms with van der Waals surface area (Å²) in [5.41, 5.74) is 2.53. The molecule has 0 radical (unpaired) electrons. The molecule has 2 heterocycles. The quantitative estimate of drug-likeness (QED) is 0.200. The molecule has 0 fully saturated rings. The summed E-state index contributed by atoms with van der Waals surface area (Å²) in [6.07, 6.45) is 3.10. The second-order valence-corrected chi connectivity index (χ2v) is 8.79. The van der Waals surface area contributed by atoms with E-state index in [1.54, 1.807) is 30.0 Å². The van der Waals surface area contributed by atoms with Gasteiger partial charge in [-0.05, 0) is 66.7 Å². The van der Waals surface area contributed by atoms with Gasteiger partial charge in [-0.25, -0.2) is 4.39 Å². The van der Waals surface area contributed by atoms with Crippen molar-refractivity contribution in [2.75, 3.05) is 5.32 Å². The number of ketones is 1. The molecule has 1 aromatic heterocycles. The lowest BCUT2D eigenvalue weighted by Gasteiger charge is -2.20. The van der Waals surface area contributed by atoms with Gasteiger partial charge in [0.15, 0.2) is 5.78 Å². The maximum atomic E-state index is 13.2. The molecule has 0 unspecified atom stereocenters. The predicted octanol–water partition coefficient (Wildman–Crippen LogP) is 7.76. The third-order valence-corrected chi connectivity index (χ3v) is 6.44. The number of carbonyl (C=O) groups excluding carboxylic acids is 1. The minimum atomic E-state index is -0.502. The molecule has 0 spiro atoms. The van der Waals surface area contributed by atoms with Crippen LogP contribution in [-0.2, 0) is 6.61 Å². The van der Waals surface area contributed by atoms with Crippen molar-refractivity contribution in [3.63, 3.8) is 0 Å². The number of carbonyl (C=O) groups is 1. The van der Waals surface area contributed by atoms with Crippen LogP contribution in [0.3, 0.4) is 0 Å². The Morgan fingerprint density at radius 2 is 1.88 bits per heavy atom. The second kappa shape index (κ2) is 9.17. The topological polar surface area (TPSA) is 51.5 Å².